The molecule has 0 saturated heterocycles. The van der Waals surface area contributed by atoms with Gasteiger partial charge in [-0.05, 0) is 19.1 Å². The van der Waals surface area contributed by atoms with E-state index in [1.807, 2.05) is 6.07 Å². The Kier molecular flexibility index (Phi) is 4.30. The van der Waals surface area contributed by atoms with Crippen LogP contribution in [-0.2, 0) is 4.79 Å². The Labute approximate surface area is 147 Å². The zero-order chi connectivity index (χ0) is 17.4. The normalized spacial score (nSPS) is 12.3. The number of benzene rings is 2. The molecule has 1 heterocycles. The van der Waals surface area contributed by atoms with Crippen molar-refractivity contribution in [1.29, 1.82) is 0 Å². The van der Waals surface area contributed by atoms with Gasteiger partial charge in [0, 0.05) is 10.6 Å². The Bertz CT molecular complexity index is 1000. The fourth-order valence-electron chi connectivity index (χ4n) is 2.49. The highest BCUT2D eigenvalue weighted by Gasteiger charge is 2.23. The van der Waals surface area contributed by atoms with Crippen LogP contribution >= 0.6 is 23.2 Å². The van der Waals surface area contributed by atoms with Crippen molar-refractivity contribution < 1.29 is 9.90 Å². The number of fused-ring (bicyclic) bond motifs is 1. The Balaban J connectivity index is 2.47. The summed E-state index contributed by atoms with van der Waals surface area (Å²) in [5.41, 5.74) is 0.410. The molecule has 0 bridgehead atoms. The smallest absolute Gasteiger partial charge is 0.326 e. The van der Waals surface area contributed by atoms with Gasteiger partial charge >= 0.3 is 5.97 Å². The van der Waals surface area contributed by atoms with Crippen molar-refractivity contribution in [3.63, 3.8) is 0 Å². The molecular weight excluding hydrogens is 351 g/mol. The molecule has 3 aromatic rings. The van der Waals surface area contributed by atoms with Crippen molar-refractivity contribution in [3.8, 4) is 11.4 Å². The maximum atomic E-state index is 12.9. The topological polar surface area (TPSA) is 72.2 Å². The molecule has 0 aliphatic carbocycles. The van der Waals surface area contributed by atoms with Crippen molar-refractivity contribution >= 4 is 40.1 Å². The van der Waals surface area contributed by atoms with Crippen LogP contribution < -0.4 is 5.56 Å². The highest BCUT2D eigenvalue weighted by Crippen LogP contribution is 2.28. The zero-order valence-electron chi connectivity index (χ0n) is 12.5. The lowest BCUT2D eigenvalue weighted by atomic mass is 10.1. The predicted octanol–water partition coefficient (Wildman–Crippen LogP) is 4.02. The van der Waals surface area contributed by atoms with Crippen LogP contribution in [0.1, 0.15) is 13.0 Å². The number of aromatic nitrogens is 2. The molecule has 0 radical (unpaired) electrons. The minimum absolute atomic E-state index is 0.181. The van der Waals surface area contributed by atoms with Crippen molar-refractivity contribution in [1.82, 2.24) is 9.55 Å². The summed E-state index contributed by atoms with van der Waals surface area (Å²) in [6.07, 6.45) is 0. The van der Waals surface area contributed by atoms with Crippen LogP contribution in [-0.4, -0.2) is 20.6 Å². The fourth-order valence-corrected chi connectivity index (χ4v) is 3.02. The summed E-state index contributed by atoms with van der Waals surface area (Å²) in [5, 5.41) is 10.1. The average molecular weight is 363 g/mol. The second kappa shape index (κ2) is 6.26. The maximum Gasteiger partial charge on any atom is 0.326 e. The van der Waals surface area contributed by atoms with Crippen molar-refractivity contribution in [2.24, 2.45) is 0 Å². The number of hydrogen-bond donors (Lipinski definition) is 1. The molecule has 2 aromatic carbocycles. The van der Waals surface area contributed by atoms with E-state index in [2.05, 4.69) is 4.98 Å². The van der Waals surface area contributed by atoms with E-state index in [4.69, 9.17) is 23.2 Å². The van der Waals surface area contributed by atoms with Gasteiger partial charge < -0.3 is 5.11 Å². The predicted molar refractivity (Wildman–Crippen MR) is 93.8 cm³/mol. The van der Waals surface area contributed by atoms with Crippen LogP contribution in [0.5, 0.6) is 0 Å². The van der Waals surface area contributed by atoms with Gasteiger partial charge in [0.05, 0.1) is 15.9 Å². The van der Waals surface area contributed by atoms with E-state index in [0.29, 0.717) is 11.1 Å². The minimum atomic E-state index is -1.14. The standard InChI is InChI=1S/C17H12Cl2N2O3/c1-9(17(23)24)21-15(10-5-3-2-4-6-10)20-14-12(16(21)22)7-11(18)8-13(14)19/h2-9H,1H3,(H,23,24). The van der Waals surface area contributed by atoms with Gasteiger partial charge in [-0.2, -0.15) is 0 Å². The van der Waals surface area contributed by atoms with Crippen LogP contribution in [0.25, 0.3) is 22.3 Å². The maximum absolute atomic E-state index is 12.9. The highest BCUT2D eigenvalue weighted by molar-refractivity contribution is 6.38. The third-order valence-electron chi connectivity index (χ3n) is 3.70. The van der Waals surface area contributed by atoms with Crippen molar-refractivity contribution in [2.45, 2.75) is 13.0 Å². The minimum Gasteiger partial charge on any atom is -0.480 e. The molecule has 1 atom stereocenters. The number of carboxylic acids is 1. The summed E-state index contributed by atoms with van der Waals surface area (Å²) in [4.78, 5) is 28.8. The first-order valence-corrected chi connectivity index (χ1v) is 7.85. The first-order chi connectivity index (χ1) is 11.4. The number of rotatable bonds is 3. The van der Waals surface area contributed by atoms with Gasteiger partial charge in [0.2, 0.25) is 0 Å². The van der Waals surface area contributed by atoms with Gasteiger partial charge in [-0.15, -0.1) is 0 Å². The van der Waals surface area contributed by atoms with E-state index < -0.39 is 17.6 Å². The van der Waals surface area contributed by atoms with Gasteiger partial charge in [0.25, 0.3) is 5.56 Å². The first-order valence-electron chi connectivity index (χ1n) is 7.09. The third-order valence-corrected chi connectivity index (χ3v) is 4.21. The van der Waals surface area contributed by atoms with Crippen LogP contribution in [0.3, 0.4) is 0 Å². The zero-order valence-corrected chi connectivity index (χ0v) is 14.0. The summed E-state index contributed by atoms with van der Waals surface area (Å²) in [5.74, 6) is -0.893. The lowest BCUT2D eigenvalue weighted by molar-refractivity contribution is -0.140. The van der Waals surface area contributed by atoms with Gasteiger partial charge in [-0.25, -0.2) is 9.78 Å². The number of aliphatic carboxylic acids is 1. The third kappa shape index (κ3) is 2.77. The molecule has 0 aliphatic rings. The number of hydrogen-bond acceptors (Lipinski definition) is 3. The van der Waals surface area contributed by atoms with Gasteiger partial charge in [-0.3, -0.25) is 9.36 Å². The molecule has 0 saturated carbocycles. The summed E-state index contributed by atoms with van der Waals surface area (Å²) < 4.78 is 1.15. The molecule has 1 aromatic heterocycles. The van der Waals surface area contributed by atoms with Crippen molar-refractivity contribution in [3.05, 3.63) is 62.9 Å². The van der Waals surface area contributed by atoms with Crippen LogP contribution in [0, 0.1) is 0 Å². The molecule has 0 fully saturated rings. The first kappa shape index (κ1) is 16.5. The van der Waals surface area contributed by atoms with Crippen LogP contribution in [0.15, 0.2) is 47.3 Å². The summed E-state index contributed by atoms with van der Waals surface area (Å²) >= 11 is 12.1. The Hall–Kier alpha value is -2.37. The van der Waals surface area contributed by atoms with E-state index in [0.717, 1.165) is 4.57 Å². The van der Waals surface area contributed by atoms with E-state index in [9.17, 15) is 14.7 Å². The molecule has 0 aliphatic heterocycles. The quantitative estimate of drug-likeness (QED) is 0.763. The number of halogens is 2. The molecule has 3 rings (SSSR count). The number of nitrogens with zero attached hydrogens (tertiary/aromatic N) is 2. The van der Waals surface area contributed by atoms with E-state index in [1.54, 1.807) is 24.3 Å². The molecule has 0 spiro atoms. The molecular formula is C17H12Cl2N2O3. The van der Waals surface area contributed by atoms with E-state index in [-0.39, 0.29) is 21.3 Å². The van der Waals surface area contributed by atoms with Gasteiger partial charge in [0.15, 0.2) is 0 Å². The average Bonchev–Trinajstić information content (AvgIpc) is 2.55. The largest absolute Gasteiger partial charge is 0.480 e. The monoisotopic (exact) mass is 362 g/mol. The lowest BCUT2D eigenvalue weighted by Crippen LogP contribution is -2.30. The highest BCUT2D eigenvalue weighted by atomic mass is 35.5. The van der Waals surface area contributed by atoms with Crippen molar-refractivity contribution in [2.75, 3.05) is 0 Å². The molecule has 0 amide bonds. The summed E-state index contributed by atoms with van der Waals surface area (Å²) in [6.45, 7) is 1.43. The number of carbonyl (C=O) groups is 1. The second-order valence-electron chi connectivity index (χ2n) is 5.27. The fraction of sp³-hybridized carbons (Fsp3) is 0.118. The van der Waals surface area contributed by atoms with Crippen LogP contribution in [0.4, 0.5) is 0 Å². The molecule has 1 unspecified atom stereocenters. The molecule has 1 N–H and O–H groups in total. The SMILES string of the molecule is CC(C(=O)O)n1c(-c2ccccc2)nc2c(Cl)cc(Cl)cc2c1=O. The second-order valence-corrected chi connectivity index (χ2v) is 6.12. The summed E-state index contributed by atoms with van der Waals surface area (Å²) in [6, 6.07) is 10.7. The lowest BCUT2D eigenvalue weighted by Gasteiger charge is -2.17. The number of carboxylic acid groups (broad SMARTS) is 1. The van der Waals surface area contributed by atoms with Crippen LogP contribution in [0.2, 0.25) is 10.0 Å². The van der Waals surface area contributed by atoms with Gasteiger partial charge in [0.1, 0.15) is 11.9 Å². The molecule has 5 nitrogen and oxygen atoms in total. The molecule has 7 heteroatoms. The van der Waals surface area contributed by atoms with Gasteiger partial charge in [-0.1, -0.05) is 53.5 Å². The summed E-state index contributed by atoms with van der Waals surface area (Å²) in [7, 11) is 0. The molecule has 24 heavy (non-hydrogen) atoms. The Morgan fingerprint density at radius 3 is 2.50 bits per heavy atom. The van der Waals surface area contributed by atoms with E-state index in [1.165, 1.54) is 19.1 Å². The van der Waals surface area contributed by atoms with E-state index >= 15 is 0 Å². The molecule has 122 valence electrons. The Morgan fingerprint density at radius 2 is 1.88 bits per heavy atom. The Morgan fingerprint density at radius 1 is 1.21 bits per heavy atom.